The number of carbonyl (C=O) groups is 2. The van der Waals surface area contributed by atoms with E-state index in [4.69, 9.17) is 9.47 Å². The minimum atomic E-state index is -0.0424. The molecule has 6 saturated carbocycles. The molecule has 0 unspecified atom stereocenters. The fourth-order valence-corrected chi connectivity index (χ4v) is 14.2. The third-order valence-electron chi connectivity index (χ3n) is 18.3. The summed E-state index contributed by atoms with van der Waals surface area (Å²) in [6, 6.07) is 17.7. The maximum Gasteiger partial charge on any atom is 0.308 e. The summed E-state index contributed by atoms with van der Waals surface area (Å²) in [6.07, 6.45) is 44.5. The fraction of sp³-hybridized carbons (Fsp3) is 0.710. The van der Waals surface area contributed by atoms with Crippen LogP contribution in [0.4, 0.5) is 0 Å². The van der Waals surface area contributed by atoms with Crippen LogP contribution >= 0.6 is 15.9 Å². The molecule has 0 aliphatic heterocycles. The van der Waals surface area contributed by atoms with Crippen LogP contribution in [0, 0.1) is 59.2 Å². The predicted octanol–water partition coefficient (Wildman–Crippen LogP) is 18.0. The first-order chi connectivity index (χ1) is 32.7. The van der Waals surface area contributed by atoms with Gasteiger partial charge in [-0.15, -0.1) is 6.58 Å². The van der Waals surface area contributed by atoms with E-state index in [2.05, 4.69) is 103 Å². The summed E-state index contributed by atoms with van der Waals surface area (Å²) in [6.45, 7) is 8.63. The number of ether oxygens (including phenoxy) is 2. The molecule has 4 nitrogen and oxygen atoms in total. The second-order valence-electron chi connectivity index (χ2n) is 22.4. The standard InChI is InChI=1S/C31H46O2.C17H30.C14H17BrO2/c1-3-4-23-7-13-26(14-8-23)27-15-9-24(10-16-27)5-6-25-11-17-28(18-12-25)29-19-21-30(22-20-29)31(32)33-2;1-3-5-15-8-12-17(13-9-15)16-10-6-14(4-2)7-11-16;1-17-14(16)12-4-2-10(3-5-12)11-6-8-13(15)9-7-11/h5-6,11-12,17-18,23-24,26-27,29-30H,3-4,7-10,13-16,19-22H2,1-2H3;4,14-17H,2-3,5-13H2,1H3;6-10,12H,2-5H2,1H3. The number of benzene rings is 2. The van der Waals surface area contributed by atoms with E-state index in [1.807, 2.05) is 0 Å². The summed E-state index contributed by atoms with van der Waals surface area (Å²) in [5.74, 6) is 9.24. The van der Waals surface area contributed by atoms with Crippen molar-refractivity contribution in [2.24, 2.45) is 59.2 Å². The zero-order chi connectivity index (χ0) is 47.4. The monoisotopic (exact) mass is 981 g/mol. The lowest BCUT2D eigenvalue weighted by Crippen LogP contribution is -2.25. The van der Waals surface area contributed by atoms with Crippen LogP contribution in [0.15, 0.2) is 71.7 Å². The summed E-state index contributed by atoms with van der Waals surface area (Å²) >= 11 is 3.45. The minimum Gasteiger partial charge on any atom is -0.469 e. The van der Waals surface area contributed by atoms with Crippen LogP contribution in [0.3, 0.4) is 0 Å². The van der Waals surface area contributed by atoms with E-state index in [0.717, 1.165) is 103 Å². The fourth-order valence-electron chi connectivity index (χ4n) is 13.9. The van der Waals surface area contributed by atoms with Gasteiger partial charge >= 0.3 is 11.9 Å². The molecule has 8 rings (SSSR count). The maximum absolute atomic E-state index is 11.8. The highest BCUT2D eigenvalue weighted by molar-refractivity contribution is 9.10. The summed E-state index contributed by atoms with van der Waals surface area (Å²) in [4.78, 5) is 23.2. The van der Waals surface area contributed by atoms with Crippen LogP contribution in [-0.4, -0.2) is 26.2 Å². The summed E-state index contributed by atoms with van der Waals surface area (Å²) < 4.78 is 10.8. The van der Waals surface area contributed by atoms with E-state index >= 15 is 0 Å². The first-order valence-corrected chi connectivity index (χ1v) is 28.8. The normalized spacial score (nSPS) is 32.4. The minimum absolute atomic E-state index is 0.0256. The van der Waals surface area contributed by atoms with Gasteiger partial charge in [0.25, 0.3) is 0 Å². The quantitative estimate of drug-likeness (QED) is 0.148. The molecule has 6 aliphatic rings. The van der Waals surface area contributed by atoms with Gasteiger partial charge in [0.15, 0.2) is 0 Å². The van der Waals surface area contributed by atoms with Gasteiger partial charge in [0.2, 0.25) is 0 Å². The first-order valence-electron chi connectivity index (χ1n) is 28.0. The zero-order valence-electron chi connectivity index (χ0n) is 42.8. The van der Waals surface area contributed by atoms with Crippen molar-refractivity contribution in [2.45, 2.75) is 205 Å². The van der Waals surface area contributed by atoms with Crippen molar-refractivity contribution in [1.29, 1.82) is 0 Å². The average molecular weight is 982 g/mol. The highest BCUT2D eigenvalue weighted by Crippen LogP contribution is 2.44. The number of allylic oxidation sites excluding steroid dienone is 2. The van der Waals surface area contributed by atoms with E-state index in [1.54, 1.807) is 0 Å². The van der Waals surface area contributed by atoms with Crippen LogP contribution in [0.25, 0.3) is 6.08 Å². The second kappa shape index (κ2) is 28.9. The number of esters is 2. The molecule has 0 heterocycles. The molecule has 0 N–H and O–H groups in total. The van der Waals surface area contributed by atoms with Crippen LogP contribution < -0.4 is 0 Å². The Morgan fingerprint density at radius 3 is 1.22 bits per heavy atom. The van der Waals surface area contributed by atoms with Gasteiger partial charge in [-0.2, -0.15) is 0 Å². The lowest BCUT2D eigenvalue weighted by Gasteiger charge is -2.37. The van der Waals surface area contributed by atoms with Crippen molar-refractivity contribution in [3.63, 3.8) is 0 Å². The van der Waals surface area contributed by atoms with E-state index in [1.165, 1.54) is 159 Å². The highest BCUT2D eigenvalue weighted by atomic mass is 79.9. The molecule has 67 heavy (non-hydrogen) atoms. The van der Waals surface area contributed by atoms with Crippen LogP contribution in [0.1, 0.15) is 222 Å². The Balaban J connectivity index is 0.000000183. The first kappa shape index (κ1) is 53.7. The third kappa shape index (κ3) is 17.0. The lowest BCUT2D eigenvalue weighted by molar-refractivity contribution is -0.147. The molecule has 0 amide bonds. The molecule has 6 aliphatic carbocycles. The predicted molar refractivity (Wildman–Crippen MR) is 285 cm³/mol. The van der Waals surface area contributed by atoms with Gasteiger partial charge < -0.3 is 9.47 Å². The van der Waals surface area contributed by atoms with Gasteiger partial charge in [-0.1, -0.05) is 136 Å². The van der Waals surface area contributed by atoms with Crippen molar-refractivity contribution in [3.05, 3.63) is 88.4 Å². The molecule has 372 valence electrons. The third-order valence-corrected chi connectivity index (χ3v) is 18.8. The van der Waals surface area contributed by atoms with Gasteiger partial charge in [0.05, 0.1) is 26.1 Å². The Hall–Kier alpha value is -2.66. The molecule has 2 aromatic rings. The molecule has 0 radical (unpaired) electrons. The van der Waals surface area contributed by atoms with Crippen molar-refractivity contribution in [2.75, 3.05) is 14.2 Å². The van der Waals surface area contributed by atoms with Gasteiger partial charge in [-0.05, 0) is 216 Å². The van der Waals surface area contributed by atoms with E-state index < -0.39 is 0 Å². The number of hydrogen-bond acceptors (Lipinski definition) is 4. The van der Waals surface area contributed by atoms with Crippen molar-refractivity contribution >= 4 is 33.9 Å². The Morgan fingerprint density at radius 1 is 0.507 bits per heavy atom. The molecule has 5 heteroatoms. The van der Waals surface area contributed by atoms with Crippen molar-refractivity contribution < 1.29 is 19.1 Å². The Kier molecular flexibility index (Phi) is 23.1. The van der Waals surface area contributed by atoms with Gasteiger partial charge in [0, 0.05) is 4.47 Å². The Labute approximate surface area is 418 Å². The summed E-state index contributed by atoms with van der Waals surface area (Å²) in [5, 5.41) is 0. The number of methoxy groups -OCH3 is 2. The number of carbonyl (C=O) groups excluding carboxylic acids is 2. The number of halogens is 1. The van der Waals surface area contributed by atoms with Gasteiger partial charge in [-0.25, -0.2) is 0 Å². The number of hydrogen-bond donors (Lipinski definition) is 0. The van der Waals surface area contributed by atoms with Crippen molar-refractivity contribution in [3.8, 4) is 0 Å². The molecule has 6 fully saturated rings. The highest BCUT2D eigenvalue weighted by Gasteiger charge is 2.32. The second-order valence-corrected chi connectivity index (χ2v) is 23.4. The molecular formula is C62H93BrO4. The van der Waals surface area contributed by atoms with Crippen LogP contribution in [-0.2, 0) is 19.1 Å². The van der Waals surface area contributed by atoms with Crippen molar-refractivity contribution in [1.82, 2.24) is 0 Å². The van der Waals surface area contributed by atoms with E-state index in [-0.39, 0.29) is 23.8 Å². The zero-order valence-corrected chi connectivity index (χ0v) is 44.4. The topological polar surface area (TPSA) is 52.6 Å². The Bertz CT molecular complexity index is 1720. The van der Waals surface area contributed by atoms with E-state index in [0.29, 0.717) is 11.8 Å². The van der Waals surface area contributed by atoms with E-state index in [9.17, 15) is 9.59 Å². The van der Waals surface area contributed by atoms with Crippen LogP contribution in [0.2, 0.25) is 0 Å². The molecule has 0 saturated heterocycles. The molecule has 0 aromatic heterocycles. The van der Waals surface area contributed by atoms with Gasteiger partial charge in [0.1, 0.15) is 0 Å². The largest absolute Gasteiger partial charge is 0.469 e. The summed E-state index contributed by atoms with van der Waals surface area (Å²) in [7, 11) is 2.98. The summed E-state index contributed by atoms with van der Waals surface area (Å²) in [5.41, 5.74) is 4.15. The number of rotatable bonds is 13. The lowest BCUT2D eigenvalue weighted by atomic mass is 9.68. The Morgan fingerprint density at radius 2 is 0.866 bits per heavy atom. The smallest absolute Gasteiger partial charge is 0.308 e. The van der Waals surface area contributed by atoms with Crippen LogP contribution in [0.5, 0.6) is 0 Å². The molecular weight excluding hydrogens is 889 g/mol. The molecule has 2 aromatic carbocycles. The van der Waals surface area contributed by atoms with Gasteiger partial charge in [-0.3, -0.25) is 9.59 Å². The SMILES string of the molecule is C=CC1CCC(C2CCC(CCC)CC2)CC1.CCCC1CCC(C2CCC(C=Cc3ccc(C4CCC(C(=O)OC)CC4)cc3)CC2)CC1.COC(=O)C1CCC(c2ccc(Br)cc2)CC1. The average Bonchev–Trinajstić information content (AvgIpc) is 3.39. The molecule has 0 bridgehead atoms. The maximum atomic E-state index is 11.8. The molecule has 0 spiro atoms. The molecule has 0 atom stereocenters.